The number of nitro benzene ring substituents is 1. The van der Waals surface area contributed by atoms with Crippen molar-refractivity contribution in [3.05, 3.63) is 64.0 Å². The van der Waals surface area contributed by atoms with E-state index < -0.39 is 4.92 Å². The Morgan fingerprint density at radius 1 is 1.23 bits per heavy atom. The van der Waals surface area contributed by atoms with Crippen molar-refractivity contribution in [3.8, 4) is 5.75 Å². The maximum absolute atomic E-state index is 10.8. The Kier molecular flexibility index (Phi) is 6.51. The molecule has 7 nitrogen and oxygen atoms in total. The van der Waals surface area contributed by atoms with Gasteiger partial charge in [-0.05, 0) is 75.9 Å². The van der Waals surface area contributed by atoms with E-state index in [0.717, 1.165) is 41.3 Å². The molecule has 0 aliphatic carbocycles. The number of non-ortho nitro benzene ring substituents is 1. The van der Waals surface area contributed by atoms with E-state index in [1.54, 1.807) is 12.1 Å². The number of aryl methyl sites for hydroxylation is 2. The number of imidazole rings is 1. The van der Waals surface area contributed by atoms with Crippen molar-refractivity contribution in [3.63, 3.8) is 0 Å². The van der Waals surface area contributed by atoms with Crippen molar-refractivity contribution in [1.29, 1.82) is 0 Å². The highest BCUT2D eigenvalue weighted by Crippen LogP contribution is 2.25. The van der Waals surface area contributed by atoms with Crippen molar-refractivity contribution in [2.45, 2.75) is 45.8 Å². The van der Waals surface area contributed by atoms with E-state index >= 15 is 0 Å². The number of para-hydroxylation sites is 1. The lowest BCUT2D eigenvalue weighted by atomic mass is 9.94. The van der Waals surface area contributed by atoms with Crippen LogP contribution in [0.25, 0.3) is 11.0 Å². The first-order valence-electron chi connectivity index (χ1n) is 11.0. The van der Waals surface area contributed by atoms with Gasteiger partial charge in [0, 0.05) is 25.2 Å². The standard InChI is InChI=1S/C24H30N4O3/c1-18-6-3-9-22-24(18)25-23(17-31-21-12-10-20(11-13-21)28(29)30)27(22)15-5-8-19-7-4-14-26(2)16-19/h3,6,9-13,19H,4-5,7-8,14-17H2,1-2H3. The van der Waals surface area contributed by atoms with Crippen molar-refractivity contribution < 1.29 is 9.66 Å². The topological polar surface area (TPSA) is 73.4 Å². The number of fused-ring (bicyclic) bond motifs is 1. The number of hydrogen-bond acceptors (Lipinski definition) is 5. The molecule has 1 unspecified atom stereocenters. The molecule has 2 aromatic carbocycles. The van der Waals surface area contributed by atoms with Gasteiger partial charge in [0.1, 0.15) is 18.2 Å². The number of aromatic nitrogens is 2. The molecular formula is C24H30N4O3. The molecule has 1 aromatic heterocycles. The highest BCUT2D eigenvalue weighted by molar-refractivity contribution is 5.79. The molecule has 0 saturated carbocycles. The highest BCUT2D eigenvalue weighted by Gasteiger charge is 2.18. The van der Waals surface area contributed by atoms with Crippen LogP contribution in [0.15, 0.2) is 42.5 Å². The lowest BCUT2D eigenvalue weighted by molar-refractivity contribution is -0.384. The molecule has 1 fully saturated rings. The minimum Gasteiger partial charge on any atom is -0.486 e. The van der Waals surface area contributed by atoms with E-state index in [4.69, 9.17) is 9.72 Å². The summed E-state index contributed by atoms with van der Waals surface area (Å²) in [5.74, 6) is 2.27. The largest absolute Gasteiger partial charge is 0.486 e. The molecule has 0 spiro atoms. The smallest absolute Gasteiger partial charge is 0.269 e. The van der Waals surface area contributed by atoms with E-state index in [0.29, 0.717) is 12.4 Å². The predicted octanol–water partition coefficient (Wildman–Crippen LogP) is 4.95. The van der Waals surface area contributed by atoms with Crippen LogP contribution in [0.2, 0.25) is 0 Å². The molecule has 1 saturated heterocycles. The molecule has 1 aliphatic rings. The van der Waals surface area contributed by atoms with E-state index in [9.17, 15) is 10.1 Å². The molecule has 7 heteroatoms. The SMILES string of the molecule is Cc1cccc2c1nc(COc1ccc([N+](=O)[O-])cc1)n2CCCC1CCCN(C)C1. The molecule has 0 radical (unpaired) electrons. The Morgan fingerprint density at radius 2 is 2.03 bits per heavy atom. The Labute approximate surface area is 182 Å². The summed E-state index contributed by atoms with van der Waals surface area (Å²) in [6, 6.07) is 12.5. The van der Waals surface area contributed by atoms with Crippen LogP contribution in [-0.2, 0) is 13.2 Å². The number of piperidine rings is 1. The molecule has 0 N–H and O–H groups in total. The van der Waals surface area contributed by atoms with Crippen LogP contribution in [0.5, 0.6) is 5.75 Å². The number of nitrogens with zero attached hydrogens (tertiary/aromatic N) is 4. The zero-order chi connectivity index (χ0) is 21.8. The molecule has 0 amide bonds. The second-order valence-electron chi connectivity index (χ2n) is 8.57. The molecule has 2 heterocycles. The van der Waals surface area contributed by atoms with Gasteiger partial charge in [-0.25, -0.2) is 4.98 Å². The minimum atomic E-state index is -0.407. The van der Waals surface area contributed by atoms with Gasteiger partial charge >= 0.3 is 0 Å². The summed E-state index contributed by atoms with van der Waals surface area (Å²) < 4.78 is 8.21. The number of hydrogen-bond donors (Lipinski definition) is 0. The van der Waals surface area contributed by atoms with Gasteiger partial charge in [0.2, 0.25) is 0 Å². The third-order valence-electron chi connectivity index (χ3n) is 6.19. The maximum Gasteiger partial charge on any atom is 0.269 e. The molecule has 0 bridgehead atoms. The van der Waals surface area contributed by atoms with Crippen molar-refractivity contribution in [2.75, 3.05) is 20.1 Å². The number of likely N-dealkylation sites (tertiary alicyclic amines) is 1. The van der Waals surface area contributed by atoms with Crippen molar-refractivity contribution >= 4 is 16.7 Å². The molecule has 1 atom stereocenters. The monoisotopic (exact) mass is 422 g/mol. The molecule has 1 aliphatic heterocycles. The van der Waals surface area contributed by atoms with Crippen LogP contribution >= 0.6 is 0 Å². The van der Waals surface area contributed by atoms with Crippen molar-refractivity contribution in [2.24, 2.45) is 5.92 Å². The first-order chi connectivity index (χ1) is 15.0. The maximum atomic E-state index is 10.8. The normalized spacial score (nSPS) is 17.2. The number of benzene rings is 2. The number of nitro groups is 1. The molecule has 31 heavy (non-hydrogen) atoms. The van der Waals surface area contributed by atoms with Gasteiger partial charge in [-0.15, -0.1) is 0 Å². The van der Waals surface area contributed by atoms with Crippen LogP contribution in [0.4, 0.5) is 5.69 Å². The fourth-order valence-corrected chi connectivity index (χ4v) is 4.55. The van der Waals surface area contributed by atoms with E-state index in [1.807, 2.05) is 0 Å². The van der Waals surface area contributed by atoms with E-state index in [1.165, 1.54) is 44.5 Å². The lowest BCUT2D eigenvalue weighted by Crippen LogP contribution is -2.32. The van der Waals surface area contributed by atoms with Crippen LogP contribution in [-0.4, -0.2) is 39.5 Å². The van der Waals surface area contributed by atoms with Gasteiger partial charge < -0.3 is 14.2 Å². The second kappa shape index (κ2) is 9.47. The lowest BCUT2D eigenvalue weighted by Gasteiger charge is -2.29. The van der Waals surface area contributed by atoms with Crippen LogP contribution in [0.3, 0.4) is 0 Å². The Morgan fingerprint density at radius 3 is 2.77 bits per heavy atom. The average Bonchev–Trinajstić information content (AvgIpc) is 3.12. The highest BCUT2D eigenvalue weighted by atomic mass is 16.6. The van der Waals surface area contributed by atoms with Gasteiger partial charge in [-0.3, -0.25) is 10.1 Å². The minimum absolute atomic E-state index is 0.0589. The zero-order valence-corrected chi connectivity index (χ0v) is 18.3. The zero-order valence-electron chi connectivity index (χ0n) is 18.3. The van der Waals surface area contributed by atoms with Gasteiger partial charge in [-0.2, -0.15) is 0 Å². The van der Waals surface area contributed by atoms with Gasteiger partial charge in [0.25, 0.3) is 5.69 Å². The second-order valence-corrected chi connectivity index (χ2v) is 8.57. The first kappa shape index (κ1) is 21.3. The van der Waals surface area contributed by atoms with Gasteiger partial charge in [-0.1, -0.05) is 12.1 Å². The Bertz CT molecular complexity index is 1040. The van der Waals surface area contributed by atoms with E-state index in [-0.39, 0.29) is 5.69 Å². The summed E-state index contributed by atoms with van der Waals surface area (Å²) in [6.45, 7) is 5.74. The molecule has 4 rings (SSSR count). The van der Waals surface area contributed by atoms with Gasteiger partial charge in [0.15, 0.2) is 0 Å². The van der Waals surface area contributed by atoms with Crippen LogP contribution < -0.4 is 4.74 Å². The fraction of sp³-hybridized carbons (Fsp3) is 0.458. The quantitative estimate of drug-likeness (QED) is 0.379. The Balaban J connectivity index is 1.47. The number of ether oxygens (including phenoxy) is 1. The molecule has 164 valence electrons. The fourth-order valence-electron chi connectivity index (χ4n) is 4.55. The molecular weight excluding hydrogens is 392 g/mol. The Hall–Kier alpha value is -2.93. The molecule has 3 aromatic rings. The summed E-state index contributed by atoms with van der Waals surface area (Å²) in [4.78, 5) is 17.8. The van der Waals surface area contributed by atoms with Crippen LogP contribution in [0, 0.1) is 23.0 Å². The van der Waals surface area contributed by atoms with Gasteiger partial charge in [0.05, 0.1) is 16.0 Å². The number of rotatable bonds is 8. The summed E-state index contributed by atoms with van der Waals surface area (Å²) in [7, 11) is 2.21. The van der Waals surface area contributed by atoms with E-state index in [2.05, 4.69) is 41.6 Å². The third kappa shape index (κ3) is 5.05. The summed E-state index contributed by atoms with van der Waals surface area (Å²) in [5, 5.41) is 10.8. The van der Waals surface area contributed by atoms with Crippen LogP contribution in [0.1, 0.15) is 37.1 Å². The van der Waals surface area contributed by atoms with Crippen molar-refractivity contribution in [1.82, 2.24) is 14.5 Å². The summed E-state index contributed by atoms with van der Waals surface area (Å²) in [6.07, 6.45) is 4.95. The first-order valence-corrected chi connectivity index (χ1v) is 11.0. The summed E-state index contributed by atoms with van der Waals surface area (Å²) >= 11 is 0. The predicted molar refractivity (Wildman–Crippen MR) is 121 cm³/mol. The summed E-state index contributed by atoms with van der Waals surface area (Å²) in [5.41, 5.74) is 3.37. The average molecular weight is 423 g/mol. The third-order valence-corrected chi connectivity index (χ3v) is 6.19.